The fourth-order valence-corrected chi connectivity index (χ4v) is 12.6. The second-order valence-electron chi connectivity index (χ2n) is 17.2. The van der Waals surface area contributed by atoms with Crippen molar-refractivity contribution in [2.75, 3.05) is 6.61 Å². The van der Waals surface area contributed by atoms with E-state index >= 15 is 0 Å². The zero-order chi connectivity index (χ0) is 33.8. The molecule has 6 aliphatic rings. The molecule has 1 heterocycles. The maximum Gasteiger partial charge on any atom is 0.314 e. The molecule has 8 unspecified atom stereocenters. The third-order valence-electron chi connectivity index (χ3n) is 15.3. The van der Waals surface area contributed by atoms with Gasteiger partial charge >= 0.3 is 11.9 Å². The van der Waals surface area contributed by atoms with E-state index in [9.17, 15) is 40.2 Å². The molecule has 1 aliphatic heterocycles. The fraction of sp³-hybridized carbons (Fsp3) is 0.889. The Balaban J connectivity index is 1.34. The van der Waals surface area contributed by atoms with Crippen molar-refractivity contribution < 1.29 is 49.7 Å². The molecule has 5 aliphatic carbocycles. The minimum absolute atomic E-state index is 0.0692. The Kier molecular flexibility index (Phi) is 8.38. The van der Waals surface area contributed by atoms with Crippen molar-refractivity contribution in [3.8, 4) is 0 Å². The molecule has 0 aromatic rings. The highest BCUT2D eigenvalue weighted by atomic mass is 16.7. The molecule has 0 aromatic heterocycles. The second kappa shape index (κ2) is 11.2. The van der Waals surface area contributed by atoms with Crippen LogP contribution in [0, 0.1) is 56.7 Å². The molecule has 0 bridgehead atoms. The third kappa shape index (κ3) is 4.35. The van der Waals surface area contributed by atoms with Crippen molar-refractivity contribution in [3.05, 3.63) is 11.6 Å². The smallest absolute Gasteiger partial charge is 0.314 e. The standard InChI is InChI=1S/C36H56O10/c1-18-9-14-35(30(41)42)15-16-36(31(43)44)20(25(35)19(18)2)7-8-23-33(5)12-11-24(32(3,4)22(33)10-13-34(23,36)6)46-29-28(40)27(39)26(38)21(17-37)45-29/h7,18-19,21-29,37-40H,8-17H2,1-6H3,(H,41,42)(H,43,44)/t18?,19?,21?,22-,23+,24?,25-,26?,27?,28?,29?,33+,34-,35+,36-/m1/s1. The highest BCUT2D eigenvalue weighted by Gasteiger charge is 2.73. The summed E-state index contributed by atoms with van der Waals surface area (Å²) in [6.07, 6.45) is 0.942. The van der Waals surface area contributed by atoms with Crippen LogP contribution in [0.15, 0.2) is 11.6 Å². The molecule has 6 rings (SSSR count). The Morgan fingerprint density at radius 1 is 0.870 bits per heavy atom. The first-order valence-corrected chi connectivity index (χ1v) is 17.6. The number of hydrogen-bond donors (Lipinski definition) is 6. The number of ether oxygens (including phenoxy) is 2. The first kappa shape index (κ1) is 34.3. The van der Waals surface area contributed by atoms with Crippen LogP contribution in [0.4, 0.5) is 0 Å². The number of carboxylic acid groups (broad SMARTS) is 2. The molecule has 10 nitrogen and oxygen atoms in total. The predicted octanol–water partition coefficient (Wildman–Crippen LogP) is 3.98. The molecule has 260 valence electrons. The molecule has 0 amide bonds. The Morgan fingerprint density at radius 3 is 2.20 bits per heavy atom. The molecule has 15 atom stereocenters. The summed E-state index contributed by atoms with van der Waals surface area (Å²) in [5, 5.41) is 63.0. The van der Waals surface area contributed by atoms with Gasteiger partial charge in [0.05, 0.1) is 23.5 Å². The predicted molar refractivity (Wildman–Crippen MR) is 167 cm³/mol. The molecule has 46 heavy (non-hydrogen) atoms. The lowest BCUT2D eigenvalue weighted by Gasteiger charge is -2.70. The van der Waals surface area contributed by atoms with Crippen molar-refractivity contribution in [2.24, 2.45) is 56.7 Å². The molecule has 10 heteroatoms. The molecule has 0 spiro atoms. The highest BCUT2D eigenvalue weighted by molar-refractivity contribution is 5.84. The van der Waals surface area contributed by atoms with Gasteiger partial charge in [0.2, 0.25) is 0 Å². The van der Waals surface area contributed by atoms with E-state index in [0.717, 1.165) is 31.3 Å². The van der Waals surface area contributed by atoms with Crippen LogP contribution >= 0.6 is 0 Å². The molecule has 5 fully saturated rings. The van der Waals surface area contributed by atoms with Gasteiger partial charge in [-0.05, 0) is 104 Å². The summed E-state index contributed by atoms with van der Waals surface area (Å²) in [6.45, 7) is 12.6. The normalized spacial score (nSPS) is 53.1. The third-order valence-corrected chi connectivity index (χ3v) is 15.3. The molecule has 0 aromatic carbocycles. The van der Waals surface area contributed by atoms with Gasteiger partial charge in [0, 0.05) is 0 Å². The monoisotopic (exact) mass is 648 g/mol. The maximum atomic E-state index is 13.8. The van der Waals surface area contributed by atoms with E-state index in [1.165, 1.54) is 0 Å². The van der Waals surface area contributed by atoms with Gasteiger partial charge in [-0.3, -0.25) is 9.59 Å². The van der Waals surface area contributed by atoms with Gasteiger partial charge in [0.1, 0.15) is 24.4 Å². The van der Waals surface area contributed by atoms with E-state index in [4.69, 9.17) is 9.47 Å². The average Bonchev–Trinajstić information content (AvgIpc) is 2.99. The van der Waals surface area contributed by atoms with Crippen LogP contribution in [0.5, 0.6) is 0 Å². The lowest BCUT2D eigenvalue weighted by atomic mass is 9.33. The van der Waals surface area contributed by atoms with Crippen LogP contribution in [0.3, 0.4) is 0 Å². The van der Waals surface area contributed by atoms with Gasteiger partial charge in [-0.25, -0.2) is 0 Å². The van der Waals surface area contributed by atoms with E-state index < -0.39 is 70.9 Å². The van der Waals surface area contributed by atoms with Crippen LogP contribution in [0.25, 0.3) is 0 Å². The second-order valence-corrected chi connectivity index (χ2v) is 17.2. The van der Waals surface area contributed by atoms with Crippen molar-refractivity contribution >= 4 is 11.9 Å². The highest BCUT2D eigenvalue weighted by Crippen LogP contribution is 2.76. The minimum Gasteiger partial charge on any atom is -0.481 e. The summed E-state index contributed by atoms with van der Waals surface area (Å²) >= 11 is 0. The summed E-state index contributed by atoms with van der Waals surface area (Å²) < 4.78 is 12.1. The largest absolute Gasteiger partial charge is 0.481 e. The van der Waals surface area contributed by atoms with E-state index in [2.05, 4.69) is 47.6 Å². The van der Waals surface area contributed by atoms with Crippen molar-refractivity contribution in [2.45, 2.75) is 136 Å². The number of hydrogen-bond acceptors (Lipinski definition) is 8. The van der Waals surface area contributed by atoms with Gasteiger partial charge in [0.25, 0.3) is 0 Å². The molecular weight excluding hydrogens is 592 g/mol. The topological polar surface area (TPSA) is 174 Å². The van der Waals surface area contributed by atoms with E-state index in [0.29, 0.717) is 38.0 Å². The average molecular weight is 649 g/mol. The van der Waals surface area contributed by atoms with Crippen molar-refractivity contribution in [3.63, 3.8) is 0 Å². The molecule has 4 saturated carbocycles. The Bertz CT molecular complexity index is 1260. The molecule has 6 N–H and O–H groups in total. The van der Waals surface area contributed by atoms with Crippen LogP contribution in [-0.2, 0) is 19.1 Å². The van der Waals surface area contributed by atoms with E-state index in [1.807, 2.05) is 0 Å². The van der Waals surface area contributed by atoms with Crippen molar-refractivity contribution in [1.82, 2.24) is 0 Å². The van der Waals surface area contributed by atoms with Crippen LogP contribution in [0.1, 0.15) is 99.3 Å². The Morgan fingerprint density at radius 2 is 1.57 bits per heavy atom. The first-order valence-electron chi connectivity index (χ1n) is 17.6. The number of aliphatic hydroxyl groups is 4. The van der Waals surface area contributed by atoms with Crippen LogP contribution in [-0.4, -0.2) is 86.0 Å². The number of aliphatic carboxylic acids is 2. The van der Waals surface area contributed by atoms with Gasteiger partial charge in [-0.15, -0.1) is 0 Å². The summed E-state index contributed by atoms with van der Waals surface area (Å²) in [5.74, 6) is -1.24. The summed E-state index contributed by atoms with van der Waals surface area (Å²) in [7, 11) is 0. The van der Waals surface area contributed by atoms with Gasteiger partial charge in [-0.2, -0.15) is 0 Å². The van der Waals surface area contributed by atoms with Crippen LogP contribution < -0.4 is 0 Å². The van der Waals surface area contributed by atoms with E-state index in [-0.39, 0.29) is 35.2 Å². The minimum atomic E-state index is -1.51. The van der Waals surface area contributed by atoms with E-state index in [1.54, 1.807) is 0 Å². The summed E-state index contributed by atoms with van der Waals surface area (Å²) in [5.41, 5.74) is -2.32. The molecule has 1 saturated heterocycles. The fourth-order valence-electron chi connectivity index (χ4n) is 12.6. The van der Waals surface area contributed by atoms with Crippen LogP contribution in [0.2, 0.25) is 0 Å². The molecule has 0 radical (unpaired) electrons. The maximum absolute atomic E-state index is 13.8. The zero-order valence-electron chi connectivity index (χ0n) is 28.3. The zero-order valence-corrected chi connectivity index (χ0v) is 28.3. The lowest BCUT2D eigenvalue weighted by Crippen LogP contribution is -2.68. The SMILES string of the molecule is CC1CC[C@]2(C(=O)O)CC[C@]3(C(=O)O)C(=CC[C@H]4[C@@]5(C)CCC(OC6OC(CO)C(O)C(O)C6O)C(C)(C)[C@H]5CC[C@]43C)[C@H]2C1C. The van der Waals surface area contributed by atoms with Crippen molar-refractivity contribution in [1.29, 1.82) is 0 Å². The van der Waals surface area contributed by atoms with Gasteiger partial charge in [-0.1, -0.05) is 53.2 Å². The number of rotatable bonds is 5. The Hall–Kier alpha value is -1.56. The number of allylic oxidation sites excluding steroid dienone is 1. The van der Waals surface area contributed by atoms with Gasteiger partial charge < -0.3 is 40.1 Å². The number of aliphatic hydroxyl groups excluding tert-OH is 4. The summed E-state index contributed by atoms with van der Waals surface area (Å²) in [4.78, 5) is 26.8. The first-order chi connectivity index (χ1) is 21.4. The summed E-state index contributed by atoms with van der Waals surface area (Å²) in [6, 6.07) is 0. The number of fused-ring (bicyclic) bond motifs is 7. The number of carbonyl (C=O) groups is 2. The Labute approximate surface area is 272 Å². The number of carboxylic acids is 2. The lowest BCUT2D eigenvalue weighted by molar-refractivity contribution is -0.330. The van der Waals surface area contributed by atoms with Gasteiger partial charge in [0.15, 0.2) is 6.29 Å². The quantitative estimate of drug-likeness (QED) is 0.189. The molecular formula is C36H56O10.